The molecular weight excluding hydrogens is 374 g/mol. The lowest BCUT2D eigenvalue weighted by molar-refractivity contribution is -0.155. The molecule has 0 spiro atoms. The highest BCUT2D eigenvalue weighted by atomic mass is 16.6. The zero-order valence-electron chi connectivity index (χ0n) is 19.2. The van der Waals surface area contributed by atoms with E-state index < -0.39 is 11.9 Å². The van der Waals surface area contributed by atoms with Crippen LogP contribution in [0.1, 0.15) is 77.5 Å². The maximum Gasteiger partial charge on any atom is 0.338 e. The Bertz CT molecular complexity index is 922. The number of ether oxygens (including phenoxy) is 1. The fraction of sp³-hybridized carbons (Fsp3) is 0.538. The van der Waals surface area contributed by atoms with Crippen molar-refractivity contribution in [2.24, 2.45) is 11.7 Å². The Kier molecular flexibility index (Phi) is 5.85. The van der Waals surface area contributed by atoms with Crippen LogP contribution in [0, 0.1) is 5.92 Å². The molecule has 3 rings (SSSR count). The molecule has 1 fully saturated rings. The fourth-order valence-corrected chi connectivity index (χ4v) is 4.64. The zero-order chi connectivity index (χ0) is 22.3. The molecule has 0 aliphatic heterocycles. The van der Waals surface area contributed by atoms with Crippen LogP contribution in [0.25, 0.3) is 0 Å². The molecule has 30 heavy (non-hydrogen) atoms. The van der Waals surface area contributed by atoms with E-state index in [0.29, 0.717) is 5.92 Å². The van der Waals surface area contributed by atoms with Crippen LogP contribution in [0.5, 0.6) is 0 Å². The molecule has 0 amide bonds. The van der Waals surface area contributed by atoms with E-state index in [2.05, 4.69) is 63.6 Å². The second-order valence-electron chi connectivity index (χ2n) is 10.5. The Morgan fingerprint density at radius 3 is 2.37 bits per heavy atom. The highest BCUT2D eigenvalue weighted by molar-refractivity contribution is 5.93. The summed E-state index contributed by atoms with van der Waals surface area (Å²) in [4.78, 5) is 22.8. The van der Waals surface area contributed by atoms with Crippen LogP contribution >= 0.6 is 0 Å². The molecular formula is C26H35NO3. The zero-order valence-corrected chi connectivity index (χ0v) is 19.2. The van der Waals surface area contributed by atoms with Gasteiger partial charge in [0.1, 0.15) is 0 Å². The summed E-state index contributed by atoms with van der Waals surface area (Å²) < 4.78 is 4.58. The number of allylic oxidation sites excluding steroid dienone is 3. The normalized spacial score (nSPS) is 26.9. The molecule has 162 valence electrons. The van der Waals surface area contributed by atoms with E-state index >= 15 is 0 Å². The van der Waals surface area contributed by atoms with Crippen molar-refractivity contribution in [1.29, 1.82) is 0 Å². The van der Waals surface area contributed by atoms with E-state index in [9.17, 15) is 9.59 Å². The van der Waals surface area contributed by atoms with E-state index in [-0.39, 0.29) is 22.8 Å². The topological polar surface area (TPSA) is 69.4 Å². The average molecular weight is 410 g/mol. The van der Waals surface area contributed by atoms with E-state index in [0.717, 1.165) is 12.0 Å². The second-order valence-corrected chi connectivity index (χ2v) is 10.5. The van der Waals surface area contributed by atoms with Gasteiger partial charge in [0.25, 0.3) is 0 Å². The fourth-order valence-electron chi connectivity index (χ4n) is 4.64. The first kappa shape index (κ1) is 22.5. The van der Waals surface area contributed by atoms with Crippen LogP contribution in [0.15, 0.2) is 42.0 Å². The van der Waals surface area contributed by atoms with Gasteiger partial charge in [-0.15, -0.1) is 0 Å². The van der Waals surface area contributed by atoms with Gasteiger partial charge in [0.05, 0.1) is 6.54 Å². The van der Waals surface area contributed by atoms with Gasteiger partial charge < -0.3 is 10.5 Å². The molecule has 1 aromatic rings. The molecule has 4 heteroatoms. The Labute approximate surface area is 180 Å². The summed E-state index contributed by atoms with van der Waals surface area (Å²) in [6.07, 6.45) is 8.96. The van der Waals surface area contributed by atoms with Crippen molar-refractivity contribution >= 4 is 11.9 Å². The van der Waals surface area contributed by atoms with Gasteiger partial charge in [-0.1, -0.05) is 65.0 Å². The predicted molar refractivity (Wildman–Crippen MR) is 120 cm³/mol. The molecule has 4 nitrogen and oxygen atoms in total. The van der Waals surface area contributed by atoms with E-state index in [1.165, 1.54) is 35.6 Å². The number of hydrogen-bond donors (Lipinski definition) is 1. The number of esters is 2. The lowest BCUT2D eigenvalue weighted by Gasteiger charge is -2.42. The molecule has 0 radical (unpaired) electrons. The monoisotopic (exact) mass is 409 g/mol. The van der Waals surface area contributed by atoms with Crippen molar-refractivity contribution in [3.63, 3.8) is 0 Å². The maximum absolute atomic E-state index is 11.7. The molecule has 0 unspecified atom stereocenters. The van der Waals surface area contributed by atoms with Gasteiger partial charge in [0.2, 0.25) is 0 Å². The number of nitrogens with two attached hydrogens (primary N) is 1. The number of hydrogen-bond acceptors (Lipinski definition) is 4. The minimum Gasteiger partial charge on any atom is -0.389 e. The van der Waals surface area contributed by atoms with Gasteiger partial charge in [-0.3, -0.25) is 4.79 Å². The quantitative estimate of drug-likeness (QED) is 0.327. The first-order valence-electron chi connectivity index (χ1n) is 10.9. The van der Waals surface area contributed by atoms with Crippen molar-refractivity contribution in [3.05, 3.63) is 58.7 Å². The van der Waals surface area contributed by atoms with Crippen molar-refractivity contribution in [2.45, 2.75) is 77.0 Å². The summed E-state index contributed by atoms with van der Waals surface area (Å²) in [6, 6.07) is 7.11. The molecule has 0 saturated heterocycles. The molecule has 2 aliphatic rings. The van der Waals surface area contributed by atoms with Gasteiger partial charge in [0, 0.05) is 6.08 Å². The van der Waals surface area contributed by atoms with Crippen molar-refractivity contribution in [1.82, 2.24) is 0 Å². The molecule has 2 aliphatic carbocycles. The van der Waals surface area contributed by atoms with Gasteiger partial charge >= 0.3 is 11.9 Å². The summed E-state index contributed by atoms with van der Waals surface area (Å²) in [7, 11) is 0. The summed E-state index contributed by atoms with van der Waals surface area (Å²) in [5.41, 5.74) is 10.9. The van der Waals surface area contributed by atoms with Crippen molar-refractivity contribution in [3.8, 4) is 0 Å². The van der Waals surface area contributed by atoms with Gasteiger partial charge in [-0.05, 0) is 70.6 Å². The Hall–Kier alpha value is -2.20. The van der Waals surface area contributed by atoms with Crippen molar-refractivity contribution < 1.29 is 14.3 Å². The van der Waals surface area contributed by atoms with Crippen LogP contribution in [-0.2, 0) is 30.6 Å². The third kappa shape index (κ3) is 4.44. The highest BCUT2D eigenvalue weighted by Crippen LogP contribution is 2.56. The third-order valence-electron chi connectivity index (χ3n) is 7.13. The first-order chi connectivity index (χ1) is 13.9. The number of carbonyl (C=O) groups excluding carboxylic acids is 2. The largest absolute Gasteiger partial charge is 0.389 e. The SMILES string of the molecule is CC(/C=C/[C@@H]1C[C@]1(C)c1ccc2c(c1)C(C)(C)CCC2(C)C)=C\C(=O)OC(=O)CN. The van der Waals surface area contributed by atoms with E-state index in [4.69, 9.17) is 5.73 Å². The van der Waals surface area contributed by atoms with Gasteiger partial charge in [0.15, 0.2) is 0 Å². The second kappa shape index (κ2) is 7.81. The molecule has 2 N–H and O–H groups in total. The molecule has 2 atom stereocenters. The average Bonchev–Trinajstić information content (AvgIpc) is 3.35. The van der Waals surface area contributed by atoms with Crippen LogP contribution < -0.4 is 5.73 Å². The number of carbonyl (C=O) groups is 2. The van der Waals surface area contributed by atoms with Crippen LogP contribution in [0.4, 0.5) is 0 Å². The van der Waals surface area contributed by atoms with Crippen LogP contribution in [0.2, 0.25) is 0 Å². The van der Waals surface area contributed by atoms with Crippen LogP contribution in [-0.4, -0.2) is 18.5 Å². The first-order valence-corrected chi connectivity index (χ1v) is 10.9. The van der Waals surface area contributed by atoms with Crippen LogP contribution in [0.3, 0.4) is 0 Å². The molecule has 1 aromatic carbocycles. The summed E-state index contributed by atoms with van der Waals surface area (Å²) in [6.45, 7) is 13.3. The smallest absolute Gasteiger partial charge is 0.338 e. The molecule has 1 saturated carbocycles. The Balaban J connectivity index is 1.75. The Morgan fingerprint density at radius 1 is 1.10 bits per heavy atom. The standard InChI is InChI=1S/C26H35NO3/c1-17(13-22(28)30-23(29)16-27)7-8-19-15-26(19,6)18-9-10-20-21(14-18)25(4,5)12-11-24(20,2)3/h7-10,13-14,19H,11-12,15-16,27H2,1-6H3/b8-7+,17-13+/t19-,26-/m1/s1. The minimum absolute atomic E-state index is 0.125. The maximum atomic E-state index is 11.7. The summed E-state index contributed by atoms with van der Waals surface area (Å²) >= 11 is 0. The van der Waals surface area contributed by atoms with Gasteiger partial charge in [-0.2, -0.15) is 0 Å². The predicted octanol–water partition coefficient (Wildman–Crippen LogP) is 4.84. The molecule has 0 bridgehead atoms. The van der Waals surface area contributed by atoms with E-state index in [1.807, 2.05) is 13.0 Å². The number of fused-ring (bicyclic) bond motifs is 1. The molecule has 0 aromatic heterocycles. The van der Waals surface area contributed by atoms with Gasteiger partial charge in [-0.25, -0.2) is 4.79 Å². The molecule has 0 heterocycles. The summed E-state index contributed by atoms with van der Waals surface area (Å²) in [5.74, 6) is -0.965. The minimum atomic E-state index is -0.721. The van der Waals surface area contributed by atoms with E-state index in [1.54, 1.807) is 0 Å². The number of benzene rings is 1. The number of rotatable bonds is 5. The Morgan fingerprint density at radius 2 is 1.73 bits per heavy atom. The summed E-state index contributed by atoms with van der Waals surface area (Å²) in [5, 5.41) is 0. The lowest BCUT2D eigenvalue weighted by atomic mass is 9.62. The lowest BCUT2D eigenvalue weighted by Crippen LogP contribution is -2.34. The van der Waals surface area contributed by atoms with Crippen molar-refractivity contribution in [2.75, 3.05) is 6.54 Å². The third-order valence-corrected chi connectivity index (χ3v) is 7.13. The highest BCUT2D eigenvalue weighted by Gasteiger charge is 2.50.